The van der Waals surface area contributed by atoms with E-state index < -0.39 is 6.61 Å². The van der Waals surface area contributed by atoms with Crippen LogP contribution in [0.1, 0.15) is 16.8 Å². The monoisotopic (exact) mass is 353 g/mol. The SMILES string of the molecule is N#CCCN(CCN1CCOCC1)C(=O)c1cccc(OC(F)F)c1. The largest absolute Gasteiger partial charge is 0.435 e. The van der Waals surface area contributed by atoms with Gasteiger partial charge in [-0.2, -0.15) is 14.0 Å². The van der Waals surface area contributed by atoms with Gasteiger partial charge in [-0.25, -0.2) is 0 Å². The maximum atomic E-state index is 12.7. The third-order valence-corrected chi connectivity index (χ3v) is 3.88. The summed E-state index contributed by atoms with van der Waals surface area (Å²) in [5.74, 6) is -0.363. The van der Waals surface area contributed by atoms with Crippen LogP contribution in [0.5, 0.6) is 5.75 Å². The van der Waals surface area contributed by atoms with Crippen LogP contribution >= 0.6 is 0 Å². The van der Waals surface area contributed by atoms with Gasteiger partial charge in [-0.15, -0.1) is 0 Å². The molecule has 1 saturated heterocycles. The highest BCUT2D eigenvalue weighted by Gasteiger charge is 2.19. The summed E-state index contributed by atoms with van der Waals surface area (Å²) in [4.78, 5) is 16.4. The van der Waals surface area contributed by atoms with Gasteiger partial charge in [0.1, 0.15) is 5.75 Å². The van der Waals surface area contributed by atoms with Crippen LogP contribution in [-0.2, 0) is 4.74 Å². The number of amides is 1. The summed E-state index contributed by atoms with van der Waals surface area (Å²) in [7, 11) is 0. The molecule has 0 radical (unpaired) electrons. The van der Waals surface area contributed by atoms with Crippen LogP contribution in [-0.4, -0.2) is 68.3 Å². The summed E-state index contributed by atoms with van der Waals surface area (Å²) in [5, 5.41) is 8.81. The minimum absolute atomic E-state index is 0.0609. The molecular weight excluding hydrogens is 332 g/mol. The molecule has 1 fully saturated rings. The van der Waals surface area contributed by atoms with Crippen molar-refractivity contribution in [1.82, 2.24) is 9.80 Å². The Kier molecular flexibility index (Phi) is 7.57. The quantitative estimate of drug-likeness (QED) is 0.715. The molecule has 136 valence electrons. The van der Waals surface area contributed by atoms with Crippen molar-refractivity contribution < 1.29 is 23.0 Å². The van der Waals surface area contributed by atoms with Gasteiger partial charge in [0.2, 0.25) is 0 Å². The molecule has 1 aliphatic rings. The van der Waals surface area contributed by atoms with Gasteiger partial charge in [0.05, 0.1) is 25.7 Å². The molecule has 0 N–H and O–H groups in total. The minimum atomic E-state index is -2.94. The Morgan fingerprint density at radius 2 is 2.12 bits per heavy atom. The Balaban J connectivity index is 2.02. The van der Waals surface area contributed by atoms with Crippen molar-refractivity contribution >= 4 is 5.91 Å². The number of halogens is 2. The molecule has 1 aromatic carbocycles. The maximum absolute atomic E-state index is 12.7. The Morgan fingerprint density at radius 1 is 1.36 bits per heavy atom. The van der Waals surface area contributed by atoms with E-state index in [1.807, 2.05) is 6.07 Å². The smallest absolute Gasteiger partial charge is 0.387 e. The van der Waals surface area contributed by atoms with E-state index in [0.29, 0.717) is 32.8 Å². The van der Waals surface area contributed by atoms with E-state index in [-0.39, 0.29) is 23.6 Å². The Morgan fingerprint density at radius 3 is 2.80 bits per heavy atom. The number of carbonyl (C=O) groups excluding carboxylic acids is 1. The lowest BCUT2D eigenvalue weighted by atomic mass is 10.2. The van der Waals surface area contributed by atoms with Crippen LogP contribution in [0.25, 0.3) is 0 Å². The summed E-state index contributed by atoms with van der Waals surface area (Å²) in [6.07, 6.45) is 0.210. The second-order valence-corrected chi connectivity index (χ2v) is 5.56. The van der Waals surface area contributed by atoms with Crippen molar-refractivity contribution in [2.75, 3.05) is 45.9 Å². The fraction of sp³-hybridized carbons (Fsp3) is 0.529. The average molecular weight is 353 g/mol. The number of benzene rings is 1. The fourth-order valence-corrected chi connectivity index (χ4v) is 2.57. The number of rotatable bonds is 8. The second kappa shape index (κ2) is 9.91. The summed E-state index contributed by atoms with van der Waals surface area (Å²) < 4.78 is 34.3. The van der Waals surface area contributed by atoms with Crippen molar-refractivity contribution in [3.05, 3.63) is 29.8 Å². The number of nitriles is 1. The minimum Gasteiger partial charge on any atom is -0.435 e. The van der Waals surface area contributed by atoms with Crippen LogP contribution in [0, 0.1) is 11.3 Å². The molecule has 25 heavy (non-hydrogen) atoms. The highest BCUT2D eigenvalue weighted by atomic mass is 19.3. The predicted molar refractivity (Wildman–Crippen MR) is 86.5 cm³/mol. The molecule has 0 saturated carbocycles. The topological polar surface area (TPSA) is 65.8 Å². The number of ether oxygens (including phenoxy) is 2. The highest BCUT2D eigenvalue weighted by Crippen LogP contribution is 2.17. The number of morpholine rings is 1. The number of hydrogen-bond acceptors (Lipinski definition) is 5. The van der Waals surface area contributed by atoms with Crippen molar-refractivity contribution in [2.24, 2.45) is 0 Å². The first-order chi connectivity index (χ1) is 12.1. The van der Waals surface area contributed by atoms with Crippen LogP contribution in [0.3, 0.4) is 0 Å². The molecule has 6 nitrogen and oxygen atoms in total. The van der Waals surface area contributed by atoms with E-state index in [0.717, 1.165) is 13.1 Å². The standard InChI is InChI=1S/C17H21F2N3O3/c18-17(19)25-15-4-1-3-14(13-15)16(23)22(6-2-5-20)8-7-21-9-11-24-12-10-21/h1,3-4,13,17H,2,6-12H2. The van der Waals surface area contributed by atoms with Crippen molar-refractivity contribution in [2.45, 2.75) is 13.0 Å². The van der Waals surface area contributed by atoms with E-state index in [4.69, 9.17) is 10.00 Å². The molecule has 1 aromatic rings. The van der Waals surface area contributed by atoms with Crippen molar-refractivity contribution in [1.29, 1.82) is 5.26 Å². The van der Waals surface area contributed by atoms with Gasteiger partial charge < -0.3 is 14.4 Å². The third kappa shape index (κ3) is 6.29. The molecule has 0 aromatic heterocycles. The summed E-state index contributed by atoms with van der Waals surface area (Å²) in [6, 6.07) is 7.74. The molecule has 0 atom stereocenters. The van der Waals surface area contributed by atoms with Gasteiger partial charge in [-0.3, -0.25) is 9.69 Å². The van der Waals surface area contributed by atoms with E-state index in [2.05, 4.69) is 9.64 Å². The Bertz CT molecular complexity index is 601. The molecule has 1 amide bonds. The molecule has 0 unspecified atom stereocenters. The lowest BCUT2D eigenvalue weighted by molar-refractivity contribution is -0.0499. The van der Waals surface area contributed by atoms with Crippen LogP contribution in [0.15, 0.2) is 24.3 Å². The average Bonchev–Trinajstić information content (AvgIpc) is 2.62. The molecule has 8 heteroatoms. The van der Waals surface area contributed by atoms with Crippen molar-refractivity contribution in [3.63, 3.8) is 0 Å². The third-order valence-electron chi connectivity index (χ3n) is 3.88. The van der Waals surface area contributed by atoms with Gasteiger partial charge in [0.25, 0.3) is 5.91 Å². The summed E-state index contributed by atoms with van der Waals surface area (Å²) in [5.41, 5.74) is 0.262. The van der Waals surface area contributed by atoms with Gasteiger partial charge in [-0.1, -0.05) is 6.07 Å². The predicted octanol–water partition coefficient (Wildman–Crippen LogP) is 1.98. The van der Waals surface area contributed by atoms with Gasteiger partial charge in [0, 0.05) is 38.3 Å². The Hall–Kier alpha value is -2.24. The van der Waals surface area contributed by atoms with Crippen LogP contribution in [0.4, 0.5) is 8.78 Å². The van der Waals surface area contributed by atoms with Crippen LogP contribution in [0.2, 0.25) is 0 Å². The maximum Gasteiger partial charge on any atom is 0.387 e. The van der Waals surface area contributed by atoms with Gasteiger partial charge in [-0.05, 0) is 18.2 Å². The number of hydrogen-bond donors (Lipinski definition) is 0. The number of carbonyl (C=O) groups is 1. The second-order valence-electron chi connectivity index (χ2n) is 5.56. The van der Waals surface area contributed by atoms with Crippen LogP contribution < -0.4 is 4.74 Å². The van der Waals surface area contributed by atoms with E-state index in [9.17, 15) is 13.6 Å². The molecule has 1 aliphatic heterocycles. The number of alkyl halides is 2. The lowest BCUT2D eigenvalue weighted by Gasteiger charge is -2.30. The molecule has 1 heterocycles. The zero-order valence-corrected chi connectivity index (χ0v) is 13.9. The van der Waals surface area contributed by atoms with Gasteiger partial charge in [0.15, 0.2) is 0 Å². The summed E-state index contributed by atoms with van der Waals surface area (Å²) in [6.45, 7) is 1.42. The van der Waals surface area contributed by atoms with Gasteiger partial charge >= 0.3 is 6.61 Å². The first kappa shape index (κ1) is 19.1. The summed E-state index contributed by atoms with van der Waals surface area (Å²) >= 11 is 0. The molecule has 0 bridgehead atoms. The molecular formula is C17H21F2N3O3. The normalized spacial score (nSPS) is 15.0. The zero-order chi connectivity index (χ0) is 18.1. The lowest BCUT2D eigenvalue weighted by Crippen LogP contribution is -2.43. The number of nitrogens with zero attached hydrogens (tertiary/aromatic N) is 3. The van der Waals surface area contributed by atoms with E-state index in [1.54, 1.807) is 11.0 Å². The first-order valence-corrected chi connectivity index (χ1v) is 8.11. The highest BCUT2D eigenvalue weighted by molar-refractivity contribution is 5.94. The molecule has 0 spiro atoms. The molecule has 2 rings (SSSR count). The zero-order valence-electron chi connectivity index (χ0n) is 13.9. The molecule has 0 aliphatic carbocycles. The first-order valence-electron chi connectivity index (χ1n) is 8.11. The fourth-order valence-electron chi connectivity index (χ4n) is 2.57. The van der Waals surface area contributed by atoms with Crippen molar-refractivity contribution in [3.8, 4) is 11.8 Å². The van der Waals surface area contributed by atoms with E-state index >= 15 is 0 Å². The van der Waals surface area contributed by atoms with E-state index in [1.165, 1.54) is 18.2 Å². The Labute approximate surface area is 145 Å².